The van der Waals surface area contributed by atoms with E-state index in [-0.39, 0.29) is 0 Å². The van der Waals surface area contributed by atoms with Gasteiger partial charge < -0.3 is 14.2 Å². The van der Waals surface area contributed by atoms with Gasteiger partial charge in [-0.3, -0.25) is 4.57 Å². The van der Waals surface area contributed by atoms with E-state index in [4.69, 9.17) is 8.83 Å². The zero-order valence-electron chi connectivity index (χ0n) is 22.5. The van der Waals surface area contributed by atoms with Crippen LogP contribution in [-0.4, -0.2) is 4.57 Å². The summed E-state index contributed by atoms with van der Waals surface area (Å²) in [5, 5.41) is 9.29. The average molecular weight is 541 g/mol. The number of benzene rings is 6. The van der Waals surface area contributed by atoms with Crippen LogP contribution in [0.15, 0.2) is 148 Å². The summed E-state index contributed by atoms with van der Waals surface area (Å²) in [4.78, 5) is 0. The molecule has 0 unspecified atom stereocenters. The van der Waals surface area contributed by atoms with Gasteiger partial charge in [-0.1, -0.05) is 91.0 Å². The summed E-state index contributed by atoms with van der Waals surface area (Å²) >= 11 is 0. The molecule has 0 bridgehead atoms. The first-order valence-electron chi connectivity index (χ1n) is 14.1. The fourth-order valence-corrected chi connectivity index (χ4v) is 6.36. The largest absolute Gasteiger partial charge is 0.456 e. The van der Waals surface area contributed by atoms with Gasteiger partial charge in [0.25, 0.3) is 0 Å². The van der Waals surface area contributed by atoms with Crippen LogP contribution >= 0.6 is 0 Å². The van der Waals surface area contributed by atoms with E-state index in [0.717, 1.165) is 77.7 Å². The summed E-state index contributed by atoms with van der Waals surface area (Å²) in [5.74, 6) is 0. The van der Waals surface area contributed by atoms with Gasteiger partial charge >= 0.3 is 0 Å². The van der Waals surface area contributed by atoms with Gasteiger partial charge in [0.2, 0.25) is 5.71 Å². The van der Waals surface area contributed by atoms with Gasteiger partial charge in [0, 0.05) is 33.1 Å². The summed E-state index contributed by atoms with van der Waals surface area (Å²) in [6, 6.07) is 48.3. The van der Waals surface area contributed by atoms with Crippen molar-refractivity contribution in [2.24, 2.45) is 0 Å². The SMILES string of the molecule is c1ccc(-n2c3oc4ccccc4c3c3cccc(-c4ccc(Nc5cccc6oc7ccccc7c56)cc4)c32)cc1. The van der Waals surface area contributed by atoms with Crippen LogP contribution in [0.2, 0.25) is 0 Å². The van der Waals surface area contributed by atoms with Gasteiger partial charge in [-0.25, -0.2) is 0 Å². The first kappa shape index (κ1) is 23.0. The third kappa shape index (κ3) is 3.36. The number of hydrogen-bond acceptors (Lipinski definition) is 3. The Bertz CT molecular complexity index is 2430. The van der Waals surface area contributed by atoms with Crippen molar-refractivity contribution in [3.63, 3.8) is 0 Å². The predicted octanol–water partition coefficient (Wildman–Crippen LogP) is 10.8. The highest BCUT2D eigenvalue weighted by Gasteiger charge is 2.21. The normalized spacial score (nSPS) is 11.8. The molecular formula is C38H24N2O2. The lowest BCUT2D eigenvalue weighted by Crippen LogP contribution is -1.95. The number of nitrogens with one attached hydrogen (secondary N) is 1. The van der Waals surface area contributed by atoms with E-state index < -0.39 is 0 Å². The minimum atomic E-state index is 0.864. The maximum absolute atomic E-state index is 6.50. The van der Waals surface area contributed by atoms with Crippen LogP contribution in [0.25, 0.3) is 71.7 Å². The maximum atomic E-state index is 6.50. The van der Waals surface area contributed by atoms with Crippen molar-refractivity contribution < 1.29 is 8.83 Å². The van der Waals surface area contributed by atoms with Crippen molar-refractivity contribution in [3.8, 4) is 16.8 Å². The van der Waals surface area contributed by atoms with Crippen molar-refractivity contribution in [2.75, 3.05) is 5.32 Å². The van der Waals surface area contributed by atoms with Crippen LogP contribution in [-0.2, 0) is 0 Å². The number of hydrogen-bond donors (Lipinski definition) is 1. The lowest BCUT2D eigenvalue weighted by molar-refractivity contribution is 0.645. The topological polar surface area (TPSA) is 43.2 Å². The van der Waals surface area contributed by atoms with Crippen molar-refractivity contribution in [1.82, 2.24) is 4.57 Å². The molecule has 0 spiro atoms. The Morgan fingerprint density at radius 2 is 1.12 bits per heavy atom. The van der Waals surface area contributed by atoms with Gasteiger partial charge in [0.15, 0.2) is 0 Å². The number of aromatic nitrogens is 1. The Labute approximate surface area is 241 Å². The first-order chi connectivity index (χ1) is 20.8. The molecule has 4 nitrogen and oxygen atoms in total. The number of fused-ring (bicyclic) bond motifs is 8. The van der Waals surface area contributed by atoms with Crippen LogP contribution in [0.5, 0.6) is 0 Å². The highest BCUT2D eigenvalue weighted by molar-refractivity contribution is 6.22. The number of furan rings is 2. The Morgan fingerprint density at radius 3 is 1.93 bits per heavy atom. The number of rotatable bonds is 4. The molecule has 9 rings (SSSR count). The zero-order valence-corrected chi connectivity index (χ0v) is 22.5. The molecule has 198 valence electrons. The lowest BCUT2D eigenvalue weighted by atomic mass is 10.0. The molecule has 9 aromatic rings. The van der Waals surface area contributed by atoms with Crippen molar-refractivity contribution in [1.29, 1.82) is 0 Å². The fraction of sp³-hybridized carbons (Fsp3) is 0. The minimum Gasteiger partial charge on any atom is -0.456 e. The second kappa shape index (κ2) is 8.88. The minimum absolute atomic E-state index is 0.864. The summed E-state index contributed by atoms with van der Waals surface area (Å²) in [5.41, 5.74) is 10.1. The molecule has 0 radical (unpaired) electrons. The van der Waals surface area contributed by atoms with Crippen LogP contribution in [0.1, 0.15) is 0 Å². The monoisotopic (exact) mass is 540 g/mol. The van der Waals surface area contributed by atoms with Gasteiger partial charge in [-0.15, -0.1) is 0 Å². The van der Waals surface area contributed by atoms with Crippen LogP contribution < -0.4 is 5.32 Å². The Kier molecular flexibility index (Phi) is 4.87. The van der Waals surface area contributed by atoms with E-state index in [1.807, 2.05) is 48.5 Å². The average Bonchev–Trinajstić information content (AvgIpc) is 3.71. The fourth-order valence-electron chi connectivity index (χ4n) is 6.36. The van der Waals surface area contributed by atoms with Gasteiger partial charge in [-0.2, -0.15) is 0 Å². The van der Waals surface area contributed by atoms with Crippen LogP contribution in [0, 0.1) is 0 Å². The molecule has 4 heteroatoms. The molecule has 0 amide bonds. The molecule has 3 aromatic heterocycles. The lowest BCUT2D eigenvalue weighted by Gasteiger charge is -2.12. The third-order valence-electron chi connectivity index (χ3n) is 8.20. The maximum Gasteiger partial charge on any atom is 0.213 e. The summed E-state index contributed by atoms with van der Waals surface area (Å²) in [6.07, 6.45) is 0. The summed E-state index contributed by atoms with van der Waals surface area (Å²) in [6.45, 7) is 0. The van der Waals surface area contributed by atoms with E-state index >= 15 is 0 Å². The molecule has 0 saturated heterocycles. The van der Waals surface area contributed by atoms with E-state index in [2.05, 4.69) is 101 Å². The van der Waals surface area contributed by atoms with Crippen LogP contribution in [0.3, 0.4) is 0 Å². The number of nitrogens with zero attached hydrogens (tertiary/aromatic N) is 1. The van der Waals surface area contributed by atoms with E-state index in [1.54, 1.807) is 0 Å². The molecule has 6 aromatic carbocycles. The Morgan fingerprint density at radius 1 is 0.476 bits per heavy atom. The predicted molar refractivity (Wildman–Crippen MR) is 173 cm³/mol. The van der Waals surface area contributed by atoms with Gasteiger partial charge in [0.05, 0.1) is 22.0 Å². The number of para-hydroxylation sites is 4. The van der Waals surface area contributed by atoms with Crippen molar-refractivity contribution in [2.45, 2.75) is 0 Å². The Balaban J connectivity index is 1.20. The summed E-state index contributed by atoms with van der Waals surface area (Å²) < 4.78 is 14.9. The quantitative estimate of drug-likeness (QED) is 0.241. The highest BCUT2D eigenvalue weighted by Crippen LogP contribution is 2.43. The summed E-state index contributed by atoms with van der Waals surface area (Å²) in [7, 11) is 0. The standard InChI is InChI=1S/C38H24N2O2/c1-2-10-26(11-3-1)40-37-27(14-8-15-30(37)35-28-12-4-7-18-33(28)42-38(35)40)24-20-22-25(23-21-24)39-31-16-9-19-34-36(31)29-13-5-6-17-32(29)41-34/h1-23,39H. The highest BCUT2D eigenvalue weighted by atomic mass is 16.3. The molecule has 0 atom stereocenters. The Hall–Kier alpha value is -5.74. The second-order valence-electron chi connectivity index (χ2n) is 10.6. The van der Waals surface area contributed by atoms with Crippen LogP contribution in [0.4, 0.5) is 11.4 Å². The molecule has 0 aliphatic rings. The molecule has 1 N–H and O–H groups in total. The molecule has 0 saturated carbocycles. The van der Waals surface area contributed by atoms with Gasteiger partial charge in [0.1, 0.15) is 16.7 Å². The molecule has 0 aliphatic carbocycles. The van der Waals surface area contributed by atoms with Gasteiger partial charge in [-0.05, 0) is 54.1 Å². The molecule has 0 fully saturated rings. The molecule has 3 heterocycles. The smallest absolute Gasteiger partial charge is 0.213 e. The zero-order chi connectivity index (χ0) is 27.6. The van der Waals surface area contributed by atoms with E-state index in [0.29, 0.717) is 0 Å². The molecular weight excluding hydrogens is 516 g/mol. The van der Waals surface area contributed by atoms with Crippen molar-refractivity contribution in [3.05, 3.63) is 140 Å². The second-order valence-corrected chi connectivity index (χ2v) is 10.6. The van der Waals surface area contributed by atoms with E-state index in [1.165, 1.54) is 5.39 Å². The first-order valence-corrected chi connectivity index (χ1v) is 14.1. The van der Waals surface area contributed by atoms with E-state index in [9.17, 15) is 0 Å². The molecule has 0 aliphatic heterocycles. The van der Waals surface area contributed by atoms with Crippen molar-refractivity contribution >= 4 is 66.3 Å². The number of anilines is 2. The third-order valence-corrected chi connectivity index (χ3v) is 8.20. The molecule has 42 heavy (non-hydrogen) atoms.